The molecular weight excluding hydrogens is 440 g/mol. The number of hydrogen-bond acceptors (Lipinski definition) is 6. The molecule has 2 aliphatic rings. The third kappa shape index (κ3) is 3.34. The van der Waals surface area contributed by atoms with Crippen LogP contribution in [0.3, 0.4) is 0 Å². The lowest BCUT2D eigenvalue weighted by molar-refractivity contribution is -0.195. The molecule has 0 N–H and O–H groups in total. The summed E-state index contributed by atoms with van der Waals surface area (Å²) in [4.78, 5) is 19.5. The number of carbonyl (C=O) groups is 1. The first-order valence-electron chi connectivity index (χ1n) is 10.6. The zero-order chi connectivity index (χ0) is 22.7. The van der Waals surface area contributed by atoms with Crippen LogP contribution in [0.2, 0.25) is 0 Å². The minimum Gasteiger partial charge on any atom is -0.454 e. The van der Waals surface area contributed by atoms with E-state index in [9.17, 15) is 13.2 Å². The molecule has 2 aromatic heterocycles. The molecule has 0 saturated carbocycles. The molecule has 2 aliphatic heterocycles. The van der Waals surface area contributed by atoms with Gasteiger partial charge in [-0.2, -0.15) is 0 Å². The molecule has 166 valence electrons. The van der Waals surface area contributed by atoms with E-state index in [-0.39, 0.29) is 22.9 Å². The highest BCUT2D eigenvalue weighted by atomic mass is 32.2. The highest BCUT2D eigenvalue weighted by Crippen LogP contribution is 2.35. The van der Waals surface area contributed by atoms with Gasteiger partial charge >= 0.3 is 0 Å². The van der Waals surface area contributed by atoms with Crippen LogP contribution in [0, 0.1) is 0 Å². The number of hydrogen-bond donors (Lipinski definition) is 0. The van der Waals surface area contributed by atoms with Crippen molar-refractivity contribution >= 4 is 26.8 Å². The number of morpholine rings is 1. The zero-order valence-corrected chi connectivity index (χ0v) is 18.6. The molecule has 1 unspecified atom stereocenters. The van der Waals surface area contributed by atoms with E-state index in [2.05, 4.69) is 4.98 Å². The lowest BCUT2D eigenvalue weighted by Gasteiger charge is -2.54. The van der Waals surface area contributed by atoms with Crippen LogP contribution in [0.5, 0.6) is 0 Å². The number of nitrogens with zero attached hydrogens (tertiary/aromatic N) is 2. The molecule has 33 heavy (non-hydrogen) atoms. The third-order valence-corrected chi connectivity index (χ3v) is 7.48. The minimum atomic E-state index is -3.27. The van der Waals surface area contributed by atoms with E-state index in [1.165, 1.54) is 6.26 Å². The van der Waals surface area contributed by atoms with Gasteiger partial charge in [0.05, 0.1) is 23.6 Å². The van der Waals surface area contributed by atoms with Crippen LogP contribution in [-0.2, 0) is 14.6 Å². The van der Waals surface area contributed by atoms with Crippen molar-refractivity contribution in [3.63, 3.8) is 0 Å². The van der Waals surface area contributed by atoms with Crippen molar-refractivity contribution < 1.29 is 22.4 Å². The van der Waals surface area contributed by atoms with E-state index in [1.54, 1.807) is 30.5 Å². The van der Waals surface area contributed by atoms with Gasteiger partial charge in [-0.15, -0.1) is 0 Å². The largest absolute Gasteiger partial charge is 0.454 e. The van der Waals surface area contributed by atoms with Crippen LogP contribution in [-0.4, -0.2) is 55.8 Å². The Balaban J connectivity index is 1.35. The Morgan fingerprint density at radius 1 is 1.06 bits per heavy atom. The normalized spacial score (nSPS) is 19.6. The summed E-state index contributed by atoms with van der Waals surface area (Å²) >= 11 is 0. The molecule has 2 saturated heterocycles. The number of pyridine rings is 1. The Morgan fingerprint density at radius 3 is 2.55 bits per heavy atom. The van der Waals surface area contributed by atoms with E-state index >= 15 is 0 Å². The molecule has 2 atom stereocenters. The summed E-state index contributed by atoms with van der Waals surface area (Å²) in [6.45, 7) is 1.26. The molecule has 7 nitrogen and oxygen atoms in total. The Kier molecular flexibility index (Phi) is 4.43. The van der Waals surface area contributed by atoms with Crippen LogP contribution in [0.4, 0.5) is 0 Å². The van der Waals surface area contributed by atoms with Gasteiger partial charge in [0.25, 0.3) is 5.91 Å². The van der Waals surface area contributed by atoms with E-state index < -0.39 is 9.84 Å². The topological polar surface area (TPSA) is 89.7 Å². The summed E-state index contributed by atoms with van der Waals surface area (Å²) in [5.74, 6) is 0.603. The van der Waals surface area contributed by atoms with Crippen molar-refractivity contribution in [1.82, 2.24) is 9.88 Å². The predicted molar refractivity (Wildman–Crippen MR) is 123 cm³/mol. The van der Waals surface area contributed by atoms with E-state index in [0.29, 0.717) is 35.6 Å². The number of likely N-dealkylation sites (tertiary alicyclic amines) is 1. The molecule has 8 heteroatoms. The number of furan rings is 1. The van der Waals surface area contributed by atoms with Crippen molar-refractivity contribution in [2.75, 3.05) is 19.4 Å². The van der Waals surface area contributed by atoms with Crippen LogP contribution < -0.4 is 0 Å². The van der Waals surface area contributed by atoms with Gasteiger partial charge in [0.2, 0.25) is 0 Å². The minimum absolute atomic E-state index is 0.0119. The number of benzene rings is 2. The maximum Gasteiger partial charge on any atom is 0.254 e. The summed E-state index contributed by atoms with van der Waals surface area (Å²) < 4.78 is 35.0. The molecule has 1 amide bonds. The van der Waals surface area contributed by atoms with Gasteiger partial charge in [0.1, 0.15) is 11.3 Å². The fourth-order valence-corrected chi connectivity index (χ4v) is 5.00. The number of aromatic nitrogens is 1. The highest BCUT2D eigenvalue weighted by Gasteiger charge is 2.49. The third-order valence-electron chi connectivity index (χ3n) is 6.35. The standard InChI is InChI=1S/C25H20N2O5S/c1-33(29,30)18-7-5-15(6-8-18)22-12-20-24(32-22)19(9-10-26-20)16-3-2-4-17(11-16)25(28)27-13-23-21(27)14-31-23/h2-12,21,23H,13-14H2,1H3/t21?,23-/m1/s1. The lowest BCUT2D eigenvalue weighted by atomic mass is 9.93. The van der Waals surface area contributed by atoms with Crippen molar-refractivity contribution in [3.8, 4) is 22.5 Å². The second kappa shape index (κ2) is 7.26. The van der Waals surface area contributed by atoms with Crippen molar-refractivity contribution in [2.45, 2.75) is 17.0 Å². The number of sulfone groups is 1. The van der Waals surface area contributed by atoms with Crippen LogP contribution in [0.1, 0.15) is 10.4 Å². The molecule has 0 radical (unpaired) electrons. The monoisotopic (exact) mass is 460 g/mol. The maximum atomic E-state index is 12.9. The predicted octanol–water partition coefficient (Wildman–Crippen LogP) is 3.79. The summed E-state index contributed by atoms with van der Waals surface area (Å²) in [5, 5.41) is 0. The first kappa shape index (κ1) is 20.1. The van der Waals surface area contributed by atoms with Gasteiger partial charge in [-0.3, -0.25) is 9.78 Å². The van der Waals surface area contributed by atoms with Crippen molar-refractivity contribution in [2.24, 2.45) is 0 Å². The molecule has 0 aliphatic carbocycles. The molecule has 2 fully saturated rings. The first-order chi connectivity index (χ1) is 15.9. The Labute approximate surface area is 190 Å². The van der Waals surface area contributed by atoms with Crippen LogP contribution >= 0.6 is 0 Å². The van der Waals surface area contributed by atoms with Crippen LogP contribution in [0.25, 0.3) is 33.6 Å². The molecule has 0 bridgehead atoms. The van der Waals surface area contributed by atoms with Crippen molar-refractivity contribution in [1.29, 1.82) is 0 Å². The molecule has 4 aromatic rings. The number of carbonyl (C=O) groups excluding carboxylic acids is 1. The fourth-order valence-electron chi connectivity index (χ4n) is 4.37. The lowest BCUT2D eigenvalue weighted by Crippen LogP contribution is -2.71. The van der Waals surface area contributed by atoms with Crippen molar-refractivity contribution in [3.05, 3.63) is 72.4 Å². The van der Waals surface area contributed by atoms with Gasteiger partial charge in [-0.25, -0.2) is 8.42 Å². The van der Waals surface area contributed by atoms with Gasteiger partial charge in [-0.05, 0) is 48.0 Å². The zero-order valence-electron chi connectivity index (χ0n) is 17.8. The quantitative estimate of drug-likeness (QED) is 0.460. The fraction of sp³-hybridized carbons (Fsp3) is 0.200. The van der Waals surface area contributed by atoms with E-state index in [0.717, 1.165) is 16.7 Å². The molecule has 0 spiro atoms. The number of fused-ring (bicyclic) bond motifs is 2. The summed E-state index contributed by atoms with van der Waals surface area (Å²) in [6.07, 6.45) is 3.09. The molecule has 2 aromatic carbocycles. The van der Waals surface area contributed by atoms with Gasteiger partial charge in [0, 0.05) is 41.8 Å². The Hall–Kier alpha value is -3.49. The average Bonchev–Trinajstić information content (AvgIpc) is 3.24. The second-order valence-corrected chi connectivity index (χ2v) is 10.5. The average molecular weight is 461 g/mol. The Morgan fingerprint density at radius 2 is 1.88 bits per heavy atom. The van der Waals surface area contributed by atoms with Gasteiger partial charge < -0.3 is 14.1 Å². The number of rotatable bonds is 4. The molecule has 4 heterocycles. The SMILES string of the molecule is CS(=O)(=O)c1ccc(-c2cc3nccc(-c4cccc(C(=O)N5C[C@H]6OCC65)c4)c3o2)cc1. The number of ether oxygens (including phenoxy) is 1. The summed E-state index contributed by atoms with van der Waals surface area (Å²) in [5.41, 5.74) is 4.38. The van der Waals surface area contributed by atoms with E-state index in [1.807, 2.05) is 41.3 Å². The second-order valence-electron chi connectivity index (χ2n) is 8.46. The van der Waals surface area contributed by atoms with E-state index in [4.69, 9.17) is 9.15 Å². The number of amides is 1. The molecule has 6 rings (SSSR count). The van der Waals surface area contributed by atoms with Crippen LogP contribution in [0.15, 0.2) is 76.2 Å². The maximum absolute atomic E-state index is 12.9. The van der Waals surface area contributed by atoms with Gasteiger partial charge in [-0.1, -0.05) is 12.1 Å². The Bertz CT molecular complexity index is 1510. The molecular formula is C25H20N2O5S. The highest BCUT2D eigenvalue weighted by molar-refractivity contribution is 7.90. The summed E-state index contributed by atoms with van der Waals surface area (Å²) in [7, 11) is -3.27. The summed E-state index contributed by atoms with van der Waals surface area (Å²) in [6, 6.07) is 18.0. The first-order valence-corrected chi connectivity index (χ1v) is 12.5. The smallest absolute Gasteiger partial charge is 0.254 e. The van der Waals surface area contributed by atoms with Gasteiger partial charge in [0.15, 0.2) is 15.4 Å².